The van der Waals surface area contributed by atoms with E-state index in [1.807, 2.05) is 6.92 Å². The molecule has 0 aromatic heterocycles. The molecular formula is C15H22ClFN2O2. The van der Waals surface area contributed by atoms with Gasteiger partial charge in [0.25, 0.3) is 0 Å². The monoisotopic (exact) mass is 316 g/mol. The Morgan fingerprint density at radius 3 is 2.86 bits per heavy atom. The van der Waals surface area contributed by atoms with Gasteiger partial charge in [0.2, 0.25) is 5.91 Å². The molecule has 2 rings (SSSR count). The van der Waals surface area contributed by atoms with Crippen LogP contribution in [0.3, 0.4) is 0 Å². The lowest BCUT2D eigenvalue weighted by molar-refractivity contribution is -0.117. The Balaban J connectivity index is 0.00000220. The van der Waals surface area contributed by atoms with Crippen molar-refractivity contribution >= 4 is 24.0 Å². The Morgan fingerprint density at radius 2 is 2.24 bits per heavy atom. The maximum atomic E-state index is 13.3. The molecule has 1 amide bonds. The van der Waals surface area contributed by atoms with Crippen molar-refractivity contribution in [3.63, 3.8) is 0 Å². The zero-order valence-corrected chi connectivity index (χ0v) is 12.9. The first kappa shape index (κ1) is 17.7. The summed E-state index contributed by atoms with van der Waals surface area (Å²) in [6, 6.07) is 3.55. The van der Waals surface area contributed by atoms with Gasteiger partial charge in [-0.05, 0) is 37.3 Å². The lowest BCUT2D eigenvalue weighted by atomic mass is 10.1. The number of nitrogens with two attached hydrogens (primary N) is 1. The van der Waals surface area contributed by atoms with Crippen LogP contribution in [0.2, 0.25) is 0 Å². The molecule has 1 aliphatic carbocycles. The Morgan fingerprint density at radius 1 is 1.52 bits per heavy atom. The molecule has 1 aromatic carbocycles. The molecule has 21 heavy (non-hydrogen) atoms. The molecule has 3 N–H and O–H groups in total. The number of hydrogen-bond acceptors (Lipinski definition) is 3. The van der Waals surface area contributed by atoms with E-state index in [2.05, 4.69) is 5.32 Å². The van der Waals surface area contributed by atoms with E-state index >= 15 is 0 Å². The van der Waals surface area contributed by atoms with Gasteiger partial charge in [0.1, 0.15) is 11.6 Å². The third-order valence-corrected chi connectivity index (χ3v) is 3.31. The minimum Gasteiger partial charge on any atom is -0.491 e. The van der Waals surface area contributed by atoms with Crippen molar-refractivity contribution in [3.05, 3.63) is 24.0 Å². The molecule has 1 aliphatic rings. The van der Waals surface area contributed by atoms with Crippen LogP contribution >= 0.6 is 12.4 Å². The third kappa shape index (κ3) is 5.52. The Labute approximate surface area is 130 Å². The summed E-state index contributed by atoms with van der Waals surface area (Å²) in [7, 11) is 0. The van der Waals surface area contributed by atoms with Gasteiger partial charge in [-0.3, -0.25) is 4.79 Å². The van der Waals surface area contributed by atoms with Gasteiger partial charge < -0.3 is 15.8 Å². The molecule has 118 valence electrons. The van der Waals surface area contributed by atoms with Crippen molar-refractivity contribution in [2.45, 2.75) is 38.6 Å². The van der Waals surface area contributed by atoms with Crippen molar-refractivity contribution in [3.8, 4) is 5.75 Å². The van der Waals surface area contributed by atoms with Crippen LogP contribution in [0.25, 0.3) is 0 Å². The Hall–Kier alpha value is -1.33. The van der Waals surface area contributed by atoms with Gasteiger partial charge in [-0.15, -0.1) is 12.4 Å². The Kier molecular flexibility index (Phi) is 6.92. The SMILES string of the molecule is CCCC(N)C(=O)Nc1ccc(F)cc1OCC1CC1.Cl. The van der Waals surface area contributed by atoms with Crippen LogP contribution in [-0.4, -0.2) is 18.6 Å². The van der Waals surface area contributed by atoms with Crippen LogP contribution in [0, 0.1) is 11.7 Å². The van der Waals surface area contributed by atoms with Gasteiger partial charge in [-0.25, -0.2) is 4.39 Å². The van der Waals surface area contributed by atoms with Crippen LogP contribution in [0.5, 0.6) is 5.75 Å². The van der Waals surface area contributed by atoms with Gasteiger partial charge in [0, 0.05) is 6.07 Å². The molecule has 0 spiro atoms. The van der Waals surface area contributed by atoms with Crippen LogP contribution in [0.1, 0.15) is 32.6 Å². The van der Waals surface area contributed by atoms with Crippen LogP contribution in [0.15, 0.2) is 18.2 Å². The zero-order valence-electron chi connectivity index (χ0n) is 12.1. The maximum absolute atomic E-state index is 13.3. The smallest absolute Gasteiger partial charge is 0.241 e. The summed E-state index contributed by atoms with van der Waals surface area (Å²) in [5.41, 5.74) is 6.24. The summed E-state index contributed by atoms with van der Waals surface area (Å²) in [5, 5.41) is 2.71. The highest BCUT2D eigenvalue weighted by Crippen LogP contribution is 2.32. The van der Waals surface area contributed by atoms with E-state index in [-0.39, 0.29) is 24.1 Å². The summed E-state index contributed by atoms with van der Waals surface area (Å²) in [5.74, 6) is 0.277. The van der Waals surface area contributed by atoms with Gasteiger partial charge in [0.05, 0.1) is 18.3 Å². The number of hydrogen-bond donors (Lipinski definition) is 2. The number of halogens is 2. The Bertz CT molecular complexity index is 481. The second kappa shape index (κ2) is 8.20. The third-order valence-electron chi connectivity index (χ3n) is 3.31. The van der Waals surface area contributed by atoms with Crippen molar-refractivity contribution in [2.24, 2.45) is 11.7 Å². The predicted octanol–water partition coefficient (Wildman–Crippen LogP) is 3.10. The summed E-state index contributed by atoms with van der Waals surface area (Å²) in [6.07, 6.45) is 3.76. The lowest BCUT2D eigenvalue weighted by Crippen LogP contribution is -2.35. The second-order valence-electron chi connectivity index (χ2n) is 5.28. The minimum absolute atomic E-state index is 0. The van der Waals surface area contributed by atoms with Crippen molar-refractivity contribution in [2.75, 3.05) is 11.9 Å². The maximum Gasteiger partial charge on any atom is 0.241 e. The minimum atomic E-state index is -0.554. The molecular weight excluding hydrogens is 295 g/mol. The quantitative estimate of drug-likeness (QED) is 0.812. The van der Waals surface area contributed by atoms with E-state index in [4.69, 9.17) is 10.5 Å². The highest BCUT2D eigenvalue weighted by molar-refractivity contribution is 5.95. The van der Waals surface area contributed by atoms with Crippen LogP contribution in [-0.2, 0) is 4.79 Å². The molecule has 1 saturated carbocycles. The largest absolute Gasteiger partial charge is 0.491 e. The molecule has 1 aromatic rings. The van der Waals surface area contributed by atoms with Crippen LogP contribution < -0.4 is 15.8 Å². The number of anilines is 1. The first-order chi connectivity index (χ1) is 9.60. The van der Waals surface area contributed by atoms with Gasteiger partial charge in [0.15, 0.2) is 0 Å². The zero-order chi connectivity index (χ0) is 14.5. The van der Waals surface area contributed by atoms with Crippen LogP contribution in [0.4, 0.5) is 10.1 Å². The molecule has 6 heteroatoms. The lowest BCUT2D eigenvalue weighted by Gasteiger charge is -2.15. The fraction of sp³-hybridized carbons (Fsp3) is 0.533. The van der Waals surface area contributed by atoms with E-state index in [0.717, 1.165) is 19.3 Å². The number of benzene rings is 1. The van der Waals surface area contributed by atoms with E-state index < -0.39 is 6.04 Å². The number of ether oxygens (including phenoxy) is 1. The number of rotatable bonds is 7. The number of nitrogens with one attached hydrogen (secondary N) is 1. The summed E-state index contributed by atoms with van der Waals surface area (Å²) in [6.45, 7) is 2.53. The molecule has 1 unspecified atom stereocenters. The first-order valence-corrected chi connectivity index (χ1v) is 7.09. The van der Waals surface area contributed by atoms with Gasteiger partial charge in [-0.1, -0.05) is 13.3 Å². The van der Waals surface area contributed by atoms with E-state index in [9.17, 15) is 9.18 Å². The molecule has 1 atom stereocenters. The number of carbonyl (C=O) groups is 1. The summed E-state index contributed by atoms with van der Waals surface area (Å²) >= 11 is 0. The fourth-order valence-electron chi connectivity index (χ4n) is 1.88. The van der Waals surface area contributed by atoms with E-state index in [1.54, 1.807) is 0 Å². The standard InChI is InChI=1S/C15H21FN2O2.ClH/c1-2-3-12(17)15(19)18-13-7-6-11(16)8-14(13)20-9-10-4-5-10;/h6-8,10,12H,2-5,9,17H2,1H3,(H,18,19);1H. The average Bonchev–Trinajstić information content (AvgIpc) is 3.23. The fourth-order valence-corrected chi connectivity index (χ4v) is 1.88. The highest BCUT2D eigenvalue weighted by Gasteiger charge is 2.23. The summed E-state index contributed by atoms with van der Waals surface area (Å²) in [4.78, 5) is 11.9. The molecule has 4 nitrogen and oxygen atoms in total. The molecule has 0 aliphatic heterocycles. The van der Waals surface area contributed by atoms with Crippen molar-refractivity contribution < 1.29 is 13.9 Å². The first-order valence-electron chi connectivity index (χ1n) is 7.09. The van der Waals surface area contributed by atoms with Gasteiger partial charge in [-0.2, -0.15) is 0 Å². The normalized spacial score (nSPS) is 15.0. The molecule has 0 bridgehead atoms. The second-order valence-corrected chi connectivity index (χ2v) is 5.28. The van der Waals surface area contributed by atoms with E-state index in [0.29, 0.717) is 30.4 Å². The van der Waals surface area contributed by atoms with Gasteiger partial charge >= 0.3 is 0 Å². The van der Waals surface area contributed by atoms with Crippen molar-refractivity contribution in [1.82, 2.24) is 0 Å². The van der Waals surface area contributed by atoms with E-state index in [1.165, 1.54) is 18.2 Å². The summed E-state index contributed by atoms with van der Waals surface area (Å²) < 4.78 is 18.9. The molecule has 0 radical (unpaired) electrons. The molecule has 0 heterocycles. The van der Waals surface area contributed by atoms with Crippen molar-refractivity contribution in [1.29, 1.82) is 0 Å². The average molecular weight is 317 g/mol. The predicted molar refractivity (Wildman–Crippen MR) is 83.4 cm³/mol. The molecule has 0 saturated heterocycles. The topological polar surface area (TPSA) is 64.4 Å². The molecule has 1 fully saturated rings. The number of amides is 1. The highest BCUT2D eigenvalue weighted by atomic mass is 35.5. The number of carbonyl (C=O) groups excluding carboxylic acids is 1.